The second-order valence-corrected chi connectivity index (χ2v) is 3.07. The van der Waals surface area contributed by atoms with Crippen molar-refractivity contribution in [3.63, 3.8) is 0 Å². The number of aromatic nitrogens is 1. The van der Waals surface area contributed by atoms with E-state index in [0.29, 0.717) is 11.6 Å². The minimum atomic E-state index is 0.216. The van der Waals surface area contributed by atoms with Gasteiger partial charge in [-0.25, -0.2) is 0 Å². The summed E-state index contributed by atoms with van der Waals surface area (Å²) < 4.78 is 6.64. The van der Waals surface area contributed by atoms with E-state index in [1.165, 1.54) is 0 Å². The lowest BCUT2D eigenvalue weighted by atomic mass is 10.1. The summed E-state index contributed by atoms with van der Waals surface area (Å²) in [4.78, 5) is 4.18. The highest BCUT2D eigenvalue weighted by molar-refractivity contribution is 5.51. The molecule has 1 rings (SSSR count). The number of rotatable bonds is 3. The quantitative estimate of drug-likeness (QED) is 0.714. The zero-order valence-electron chi connectivity index (χ0n) is 8.37. The summed E-state index contributed by atoms with van der Waals surface area (Å²) in [7, 11) is 0. The standard InChI is InChI=1S/C9H14N2O/c1-6(2)9-8(10)7(5-12)3-4-11-9/h3-4,6,12H,5,10H2,1-2H3/i12T. The van der Waals surface area contributed by atoms with Gasteiger partial charge in [0.15, 0.2) is 0 Å². The van der Waals surface area contributed by atoms with Crippen LogP contribution < -0.4 is 5.73 Å². The smallest absolute Gasteiger partial charge is 0.211 e. The van der Waals surface area contributed by atoms with Crippen molar-refractivity contribution in [2.45, 2.75) is 26.4 Å². The van der Waals surface area contributed by atoms with Crippen LogP contribution in [0.4, 0.5) is 5.69 Å². The largest absolute Gasteiger partial charge is 0.397 e. The molecule has 12 heavy (non-hydrogen) atoms. The minimum absolute atomic E-state index is 0.216. The van der Waals surface area contributed by atoms with Crippen molar-refractivity contribution in [3.05, 3.63) is 23.5 Å². The summed E-state index contributed by atoms with van der Waals surface area (Å²) in [6, 6.07) is 1.77. The van der Waals surface area contributed by atoms with Crippen LogP contribution in [-0.2, 0) is 6.61 Å². The molecule has 0 unspecified atom stereocenters. The Morgan fingerprint density at radius 1 is 1.75 bits per heavy atom. The Hall–Kier alpha value is -1.09. The van der Waals surface area contributed by atoms with Gasteiger partial charge in [-0.05, 0) is 12.0 Å². The molecule has 0 atom stereocenters. The van der Waals surface area contributed by atoms with E-state index in [0.717, 1.165) is 11.3 Å². The van der Waals surface area contributed by atoms with Crippen LogP contribution in [0.2, 0.25) is 0 Å². The van der Waals surface area contributed by atoms with E-state index in [1.54, 1.807) is 12.3 Å². The van der Waals surface area contributed by atoms with E-state index in [9.17, 15) is 0 Å². The normalized spacial score (nSPS) is 11.8. The molecule has 0 bridgehead atoms. The predicted molar refractivity (Wildman–Crippen MR) is 48.7 cm³/mol. The van der Waals surface area contributed by atoms with Crippen molar-refractivity contribution >= 4 is 5.69 Å². The van der Waals surface area contributed by atoms with Gasteiger partial charge >= 0.3 is 0 Å². The van der Waals surface area contributed by atoms with Gasteiger partial charge in [-0.15, -0.1) is 0 Å². The fraction of sp³-hybridized carbons (Fsp3) is 0.444. The van der Waals surface area contributed by atoms with E-state index in [4.69, 9.17) is 7.16 Å². The fourth-order valence-electron chi connectivity index (χ4n) is 1.12. The highest BCUT2D eigenvalue weighted by atomic mass is 16.3. The average molecular weight is 168 g/mol. The molecule has 0 aliphatic rings. The monoisotopic (exact) mass is 168 g/mol. The van der Waals surface area contributed by atoms with E-state index in [2.05, 4.69) is 10.1 Å². The van der Waals surface area contributed by atoms with Gasteiger partial charge in [-0.3, -0.25) is 4.98 Å². The first-order chi connectivity index (χ1) is 6.16. The molecule has 1 aromatic rings. The molecule has 0 saturated heterocycles. The molecule has 66 valence electrons. The average Bonchev–Trinajstić information content (AvgIpc) is 2.08. The third kappa shape index (κ3) is 1.56. The summed E-state index contributed by atoms with van der Waals surface area (Å²) in [5.74, 6) is 0.297. The third-order valence-electron chi connectivity index (χ3n) is 1.81. The second kappa shape index (κ2) is 3.54. The lowest BCUT2D eigenvalue weighted by Crippen LogP contribution is -2.03. The summed E-state index contributed by atoms with van der Waals surface area (Å²) >= 11 is 0. The molecular weight excluding hydrogens is 152 g/mol. The first kappa shape index (κ1) is 7.55. The topological polar surface area (TPSA) is 59.1 Å². The van der Waals surface area contributed by atoms with E-state index in [-0.39, 0.29) is 6.61 Å². The van der Waals surface area contributed by atoms with Gasteiger partial charge in [-0.2, -0.15) is 0 Å². The fourth-order valence-corrected chi connectivity index (χ4v) is 1.12. The Balaban J connectivity index is 3.03. The molecule has 0 radical (unpaired) electrons. The van der Waals surface area contributed by atoms with Crippen molar-refractivity contribution in [2.75, 3.05) is 5.73 Å². The summed E-state index contributed by atoms with van der Waals surface area (Å²) in [5.41, 5.74) is 8.19. The summed E-state index contributed by atoms with van der Waals surface area (Å²) in [6.45, 7) is 4.28. The predicted octanol–water partition coefficient (Wildman–Crippen LogP) is 1.28. The third-order valence-corrected chi connectivity index (χ3v) is 1.81. The number of anilines is 1. The number of pyridine rings is 1. The van der Waals surface area contributed by atoms with Crippen LogP contribution in [0.1, 0.15) is 31.0 Å². The second-order valence-electron chi connectivity index (χ2n) is 3.07. The van der Waals surface area contributed by atoms with Crippen molar-refractivity contribution in [3.8, 4) is 0 Å². The summed E-state index contributed by atoms with van der Waals surface area (Å²) in [6.07, 6.45) is 1.69. The molecule has 0 spiro atoms. The number of nitrogen functional groups attached to an aromatic ring is 1. The Morgan fingerprint density at radius 2 is 2.50 bits per heavy atom. The number of hydrogen-bond donors (Lipinski definition) is 2. The van der Waals surface area contributed by atoms with Gasteiger partial charge in [0, 0.05) is 11.8 Å². The van der Waals surface area contributed by atoms with E-state index < -0.39 is 0 Å². The molecule has 0 aromatic carbocycles. The molecule has 3 nitrogen and oxygen atoms in total. The van der Waals surface area contributed by atoms with Crippen molar-refractivity contribution in [2.24, 2.45) is 0 Å². The van der Waals surface area contributed by atoms with Gasteiger partial charge in [0.25, 0.3) is 0 Å². The molecule has 3 heteroatoms. The first-order valence-electron chi connectivity index (χ1n) is 4.39. The molecule has 1 aromatic heterocycles. The maximum absolute atomic E-state index is 6.64. The van der Waals surface area contributed by atoms with Crippen LogP contribution >= 0.6 is 0 Å². The van der Waals surface area contributed by atoms with Gasteiger partial charge < -0.3 is 10.8 Å². The van der Waals surface area contributed by atoms with Gasteiger partial charge in [0.05, 0.1) is 18.0 Å². The van der Waals surface area contributed by atoms with Crippen LogP contribution in [0.5, 0.6) is 0 Å². The number of nitrogens with zero attached hydrogens (tertiary/aromatic N) is 1. The van der Waals surface area contributed by atoms with E-state index >= 15 is 0 Å². The molecule has 0 fully saturated rings. The highest BCUT2D eigenvalue weighted by Gasteiger charge is 2.08. The van der Waals surface area contributed by atoms with Crippen LogP contribution in [-0.4, -0.2) is 11.5 Å². The van der Waals surface area contributed by atoms with Gasteiger partial charge in [0.2, 0.25) is 1.43 Å². The molecule has 1 heterocycles. The van der Waals surface area contributed by atoms with Crippen LogP contribution in [0.25, 0.3) is 0 Å². The number of hydrogen-bond acceptors (Lipinski definition) is 3. The van der Waals surface area contributed by atoms with Crippen molar-refractivity contribution in [1.29, 1.82) is 1.43 Å². The van der Waals surface area contributed by atoms with Crippen LogP contribution in [0.15, 0.2) is 12.3 Å². The zero-order valence-corrected chi connectivity index (χ0v) is 7.37. The molecule has 0 amide bonds. The van der Waals surface area contributed by atoms with Crippen LogP contribution in [0.3, 0.4) is 0 Å². The maximum atomic E-state index is 6.64. The van der Waals surface area contributed by atoms with Gasteiger partial charge in [0.1, 0.15) is 0 Å². The molecule has 0 aliphatic heterocycles. The van der Waals surface area contributed by atoms with Gasteiger partial charge in [-0.1, -0.05) is 13.8 Å². The molecule has 0 saturated carbocycles. The Labute approximate surface area is 73.7 Å². The Bertz CT molecular complexity index is 289. The lowest BCUT2D eigenvalue weighted by molar-refractivity contribution is 0.282. The number of aliphatic hydroxyl groups is 1. The molecular formula is C9H14N2O. The maximum Gasteiger partial charge on any atom is 0.211 e. The molecule has 3 N–H and O–H groups in total. The molecule has 0 aliphatic carbocycles. The highest BCUT2D eigenvalue weighted by Crippen LogP contribution is 2.21. The Morgan fingerprint density at radius 3 is 3.08 bits per heavy atom. The van der Waals surface area contributed by atoms with Crippen LogP contribution in [0, 0.1) is 0 Å². The number of nitrogens with two attached hydrogens (primary N) is 1. The number of aliphatic hydroxyl groups excluding tert-OH is 1. The summed E-state index contributed by atoms with van der Waals surface area (Å²) in [5, 5.41) is 4.29. The van der Waals surface area contributed by atoms with E-state index in [1.807, 2.05) is 13.8 Å². The first-order valence-corrected chi connectivity index (χ1v) is 3.98. The zero-order chi connectivity index (χ0) is 9.84. The Kier molecular flexibility index (Phi) is 2.23. The van der Waals surface area contributed by atoms with Crippen molar-refractivity contribution in [1.82, 2.24) is 4.98 Å². The minimum Gasteiger partial charge on any atom is -0.397 e. The SMILES string of the molecule is [3H]OCc1ccnc(C(C)C)c1N. The lowest BCUT2D eigenvalue weighted by Gasteiger charge is -2.10. The van der Waals surface area contributed by atoms with Crippen molar-refractivity contribution < 1.29 is 5.11 Å².